The topological polar surface area (TPSA) is 95.6 Å². The number of carbonyl (C=O) groups excluding carboxylic acids is 2. The van der Waals surface area contributed by atoms with E-state index in [0.29, 0.717) is 0 Å². The Bertz CT molecular complexity index is 1050. The number of hydrogen-bond acceptors (Lipinski definition) is 4. The average Bonchev–Trinajstić information content (AvgIpc) is 2.86. The molecule has 0 saturated carbocycles. The van der Waals surface area contributed by atoms with E-state index in [1.807, 2.05) is 0 Å². The number of imide groups is 1. The number of hydrogen-bond donors (Lipinski definition) is 2. The molecule has 3 amide bonds. The number of benzene rings is 2. The van der Waals surface area contributed by atoms with Crippen LogP contribution in [0.1, 0.15) is 0 Å². The first-order valence-corrected chi connectivity index (χ1v) is 9.42. The fourth-order valence-corrected chi connectivity index (χ4v) is 4.03. The molecule has 0 radical (unpaired) electrons. The highest BCUT2D eigenvalue weighted by atomic mass is 35.5. The standard InChI is InChI=1S/C16H11ClF3N3O4S/c17-10-5-4-6-11(9-10)23-13(24)15(16(18,19)20,21-14(23)25)22-28(26,27)12-7-2-1-3-8-12/h1-9,22H,(H,21,25)/t15-/m0/s1. The van der Waals surface area contributed by atoms with E-state index in [1.54, 1.807) is 0 Å². The molecular weight excluding hydrogens is 423 g/mol. The van der Waals surface area contributed by atoms with E-state index in [0.717, 1.165) is 18.2 Å². The Labute approximate surface area is 162 Å². The summed E-state index contributed by atoms with van der Waals surface area (Å²) in [4.78, 5) is 24.5. The summed E-state index contributed by atoms with van der Waals surface area (Å²) in [6, 6.07) is 9.66. The van der Waals surface area contributed by atoms with Crippen LogP contribution in [0.25, 0.3) is 0 Å². The quantitative estimate of drug-likeness (QED) is 0.724. The van der Waals surface area contributed by atoms with Gasteiger partial charge in [0.2, 0.25) is 10.0 Å². The lowest BCUT2D eigenvalue weighted by atomic mass is 10.1. The maximum Gasteiger partial charge on any atom is 0.435 e. The number of anilines is 1. The summed E-state index contributed by atoms with van der Waals surface area (Å²) in [7, 11) is -4.81. The first-order valence-electron chi connectivity index (χ1n) is 7.56. The van der Waals surface area contributed by atoms with E-state index in [9.17, 15) is 31.2 Å². The second-order valence-corrected chi connectivity index (χ2v) is 7.84. The molecule has 1 heterocycles. The zero-order valence-corrected chi connectivity index (χ0v) is 15.3. The van der Waals surface area contributed by atoms with Crippen LogP contribution >= 0.6 is 11.6 Å². The predicted molar refractivity (Wildman–Crippen MR) is 93.0 cm³/mol. The molecule has 0 spiro atoms. The van der Waals surface area contributed by atoms with E-state index in [-0.39, 0.29) is 15.6 Å². The Kier molecular flexibility index (Phi) is 4.86. The van der Waals surface area contributed by atoms with Crippen LogP contribution in [0.2, 0.25) is 5.02 Å². The first kappa shape index (κ1) is 20.1. The highest BCUT2D eigenvalue weighted by molar-refractivity contribution is 7.89. The van der Waals surface area contributed by atoms with Crippen LogP contribution in [-0.4, -0.2) is 32.2 Å². The van der Waals surface area contributed by atoms with E-state index < -0.39 is 38.7 Å². The Hall–Kier alpha value is -2.63. The van der Waals surface area contributed by atoms with Crippen molar-refractivity contribution in [2.75, 3.05) is 4.90 Å². The molecule has 0 aliphatic carbocycles. The monoisotopic (exact) mass is 433 g/mol. The molecule has 2 aromatic carbocycles. The molecule has 28 heavy (non-hydrogen) atoms. The van der Waals surface area contributed by atoms with Gasteiger partial charge in [0, 0.05) is 5.02 Å². The molecule has 2 aromatic rings. The summed E-state index contributed by atoms with van der Waals surface area (Å²) >= 11 is 5.76. The summed E-state index contributed by atoms with van der Waals surface area (Å²) in [6.45, 7) is 0. The molecule has 1 aliphatic heterocycles. The second kappa shape index (κ2) is 6.76. The van der Waals surface area contributed by atoms with Crippen molar-refractivity contribution in [3.8, 4) is 0 Å². The van der Waals surface area contributed by atoms with Crippen LogP contribution in [0.5, 0.6) is 0 Å². The largest absolute Gasteiger partial charge is 0.435 e. The molecule has 12 heteroatoms. The van der Waals surface area contributed by atoms with Crippen LogP contribution in [-0.2, 0) is 14.8 Å². The Morgan fingerprint density at radius 3 is 2.25 bits per heavy atom. The fourth-order valence-electron chi connectivity index (χ4n) is 2.56. The predicted octanol–water partition coefficient (Wildman–Crippen LogP) is 2.63. The molecule has 148 valence electrons. The SMILES string of the molecule is O=C1N[C@@](NS(=O)(=O)c2ccccc2)(C(F)(F)F)C(=O)N1c1cccc(Cl)c1. The van der Waals surface area contributed by atoms with Crippen LogP contribution in [0.4, 0.5) is 23.7 Å². The number of halogens is 4. The van der Waals surface area contributed by atoms with E-state index in [4.69, 9.17) is 11.6 Å². The number of amides is 3. The van der Waals surface area contributed by atoms with E-state index in [2.05, 4.69) is 0 Å². The minimum absolute atomic E-state index is 0.0625. The zero-order chi connectivity index (χ0) is 20.7. The van der Waals surface area contributed by atoms with Crippen LogP contribution in [0.15, 0.2) is 59.5 Å². The van der Waals surface area contributed by atoms with Gasteiger partial charge in [0.1, 0.15) is 0 Å². The zero-order valence-electron chi connectivity index (χ0n) is 13.7. The highest BCUT2D eigenvalue weighted by Gasteiger charge is 2.69. The highest BCUT2D eigenvalue weighted by Crippen LogP contribution is 2.37. The van der Waals surface area contributed by atoms with E-state index in [1.165, 1.54) is 46.4 Å². The van der Waals surface area contributed by atoms with Gasteiger partial charge in [0.15, 0.2) is 0 Å². The van der Waals surface area contributed by atoms with Crippen LogP contribution in [0, 0.1) is 0 Å². The van der Waals surface area contributed by atoms with Crippen molar-refractivity contribution in [3.63, 3.8) is 0 Å². The third-order valence-corrected chi connectivity index (χ3v) is 5.56. The molecule has 1 saturated heterocycles. The Morgan fingerprint density at radius 2 is 1.68 bits per heavy atom. The minimum atomic E-state index is -5.48. The number of nitrogens with zero attached hydrogens (tertiary/aromatic N) is 1. The van der Waals surface area contributed by atoms with Crippen molar-refractivity contribution < 1.29 is 31.2 Å². The van der Waals surface area contributed by atoms with Crippen molar-refractivity contribution in [2.24, 2.45) is 0 Å². The summed E-state index contributed by atoms with van der Waals surface area (Å²) in [6.07, 6.45) is -5.48. The lowest BCUT2D eigenvalue weighted by Crippen LogP contribution is -2.69. The van der Waals surface area contributed by atoms with Crippen molar-refractivity contribution in [3.05, 3.63) is 59.6 Å². The van der Waals surface area contributed by atoms with Crippen LogP contribution < -0.4 is 14.9 Å². The van der Waals surface area contributed by atoms with Crippen molar-refractivity contribution in [2.45, 2.75) is 16.7 Å². The number of alkyl halides is 3. The molecule has 0 aromatic heterocycles. The molecule has 7 nitrogen and oxygen atoms in total. The maximum absolute atomic E-state index is 13.8. The first-order chi connectivity index (χ1) is 13.0. The van der Waals surface area contributed by atoms with Gasteiger partial charge in [-0.05, 0) is 30.3 Å². The minimum Gasteiger partial charge on any atom is -0.302 e. The molecule has 1 fully saturated rings. The third kappa shape index (κ3) is 3.32. The van der Waals surface area contributed by atoms with Gasteiger partial charge in [0.05, 0.1) is 10.6 Å². The summed E-state index contributed by atoms with van der Waals surface area (Å²) in [5.74, 6) is -1.85. The Morgan fingerprint density at radius 1 is 1.04 bits per heavy atom. The molecular formula is C16H11ClF3N3O4S. The molecule has 1 aliphatic rings. The molecule has 3 rings (SSSR count). The van der Waals surface area contributed by atoms with Gasteiger partial charge in [-0.3, -0.25) is 4.79 Å². The number of sulfonamides is 1. The lowest BCUT2D eigenvalue weighted by molar-refractivity contribution is -0.194. The van der Waals surface area contributed by atoms with E-state index >= 15 is 0 Å². The van der Waals surface area contributed by atoms with Crippen molar-refractivity contribution >= 4 is 39.2 Å². The molecule has 2 N–H and O–H groups in total. The van der Waals surface area contributed by atoms with Gasteiger partial charge in [-0.2, -0.15) is 17.9 Å². The number of carbonyl (C=O) groups is 2. The summed E-state index contributed by atoms with van der Waals surface area (Å²) < 4.78 is 67.7. The Balaban J connectivity index is 2.09. The van der Waals surface area contributed by atoms with Crippen LogP contribution in [0.3, 0.4) is 0 Å². The normalized spacial score (nSPS) is 20.4. The third-order valence-electron chi connectivity index (χ3n) is 3.85. The number of urea groups is 1. The second-order valence-electron chi connectivity index (χ2n) is 5.72. The van der Waals surface area contributed by atoms with Crippen molar-refractivity contribution in [1.82, 2.24) is 10.0 Å². The van der Waals surface area contributed by atoms with Crippen molar-refractivity contribution in [1.29, 1.82) is 0 Å². The van der Waals surface area contributed by atoms with Gasteiger partial charge in [0.25, 0.3) is 11.6 Å². The summed E-state index contributed by atoms with van der Waals surface area (Å²) in [5.41, 5.74) is -4.12. The van der Waals surface area contributed by atoms with Gasteiger partial charge >= 0.3 is 12.2 Å². The average molecular weight is 434 g/mol. The van der Waals surface area contributed by atoms with Gasteiger partial charge in [-0.25, -0.2) is 18.1 Å². The number of nitrogens with one attached hydrogen (secondary N) is 2. The maximum atomic E-state index is 13.8. The molecule has 0 bridgehead atoms. The fraction of sp³-hybridized carbons (Fsp3) is 0.125. The van der Waals surface area contributed by atoms with Gasteiger partial charge in [-0.1, -0.05) is 35.9 Å². The van der Waals surface area contributed by atoms with Gasteiger partial charge in [-0.15, -0.1) is 0 Å². The summed E-state index contributed by atoms with van der Waals surface area (Å²) in [5, 5.41) is 1.49. The molecule has 1 atom stereocenters. The molecule has 0 unspecified atom stereocenters. The van der Waals surface area contributed by atoms with Gasteiger partial charge < -0.3 is 5.32 Å². The number of rotatable bonds is 4. The lowest BCUT2D eigenvalue weighted by Gasteiger charge is -2.29. The smallest absolute Gasteiger partial charge is 0.302 e.